The molecule has 0 spiro atoms. The van der Waals surface area contributed by atoms with Crippen LogP contribution in [0.4, 0.5) is 0 Å². The van der Waals surface area contributed by atoms with Gasteiger partial charge in [0.05, 0.1) is 12.3 Å². The normalized spacial score (nSPS) is 13.1. The smallest absolute Gasteiger partial charge is 0.0584 e. The molecule has 0 saturated carbocycles. The molecule has 1 aromatic heterocycles. The van der Waals surface area contributed by atoms with Crippen LogP contribution < -0.4 is 5.32 Å². The van der Waals surface area contributed by atoms with E-state index in [0.29, 0.717) is 5.92 Å². The molecule has 0 bridgehead atoms. The lowest BCUT2D eigenvalue weighted by Crippen LogP contribution is -2.33. The van der Waals surface area contributed by atoms with Crippen molar-refractivity contribution in [3.05, 3.63) is 29.6 Å². The number of aliphatic hydroxyl groups excluding tert-OH is 1. The van der Waals surface area contributed by atoms with Crippen molar-refractivity contribution >= 4 is 0 Å². The average molecular weight is 222 g/mol. The first-order chi connectivity index (χ1) is 7.61. The second kappa shape index (κ2) is 6.61. The summed E-state index contributed by atoms with van der Waals surface area (Å²) in [5, 5.41) is 12.5. The Morgan fingerprint density at radius 1 is 1.38 bits per heavy atom. The average Bonchev–Trinajstić information content (AvgIpc) is 2.26. The van der Waals surface area contributed by atoms with Gasteiger partial charge in [-0.05, 0) is 30.9 Å². The predicted molar refractivity (Wildman–Crippen MR) is 66.1 cm³/mol. The van der Waals surface area contributed by atoms with Gasteiger partial charge >= 0.3 is 0 Å². The van der Waals surface area contributed by atoms with Crippen LogP contribution in [0.1, 0.15) is 31.5 Å². The van der Waals surface area contributed by atoms with E-state index in [2.05, 4.69) is 30.2 Å². The third kappa shape index (κ3) is 4.73. The van der Waals surface area contributed by atoms with Crippen LogP contribution in [-0.4, -0.2) is 22.7 Å². The zero-order chi connectivity index (χ0) is 12.0. The van der Waals surface area contributed by atoms with E-state index >= 15 is 0 Å². The number of nitrogens with zero attached hydrogens (tertiary/aromatic N) is 1. The molecule has 1 aromatic rings. The van der Waals surface area contributed by atoms with Gasteiger partial charge in [0.2, 0.25) is 0 Å². The second-order valence-corrected chi connectivity index (χ2v) is 4.72. The summed E-state index contributed by atoms with van der Waals surface area (Å²) in [4.78, 5) is 4.32. The van der Waals surface area contributed by atoms with E-state index in [0.717, 1.165) is 18.7 Å². The lowest BCUT2D eigenvalue weighted by atomic mass is 10.0. The largest absolute Gasteiger partial charge is 0.395 e. The number of aliphatic hydroxyl groups is 1. The zero-order valence-corrected chi connectivity index (χ0v) is 10.4. The summed E-state index contributed by atoms with van der Waals surface area (Å²) in [5.41, 5.74) is 2.19. The molecule has 0 aliphatic rings. The summed E-state index contributed by atoms with van der Waals surface area (Å²) in [6.45, 7) is 7.25. The Balaban J connectivity index is 2.40. The second-order valence-electron chi connectivity index (χ2n) is 4.72. The summed E-state index contributed by atoms with van der Waals surface area (Å²) in [7, 11) is 0. The van der Waals surface area contributed by atoms with Crippen LogP contribution in [0.2, 0.25) is 0 Å². The van der Waals surface area contributed by atoms with Crippen molar-refractivity contribution in [3.8, 4) is 0 Å². The van der Waals surface area contributed by atoms with Gasteiger partial charge in [-0.15, -0.1) is 0 Å². The first-order valence-corrected chi connectivity index (χ1v) is 5.87. The monoisotopic (exact) mass is 222 g/mol. The van der Waals surface area contributed by atoms with Gasteiger partial charge in [0.25, 0.3) is 0 Å². The maximum Gasteiger partial charge on any atom is 0.0584 e. The number of hydrogen-bond donors (Lipinski definition) is 2. The minimum atomic E-state index is 0.170. The number of aryl methyl sites for hydroxylation is 1. The predicted octanol–water partition coefficient (Wildman–Crippen LogP) is 1.89. The molecule has 1 rings (SSSR count). The fraction of sp³-hybridized carbons (Fsp3) is 0.615. The van der Waals surface area contributed by atoms with Crippen molar-refractivity contribution in [2.75, 3.05) is 6.61 Å². The molecule has 16 heavy (non-hydrogen) atoms. The minimum absolute atomic E-state index is 0.170. The van der Waals surface area contributed by atoms with Gasteiger partial charge in [-0.2, -0.15) is 0 Å². The van der Waals surface area contributed by atoms with E-state index in [1.165, 1.54) is 5.56 Å². The van der Waals surface area contributed by atoms with Gasteiger partial charge in [0.1, 0.15) is 0 Å². The molecule has 0 saturated heterocycles. The molecule has 3 nitrogen and oxygen atoms in total. The van der Waals surface area contributed by atoms with Crippen LogP contribution in [0.5, 0.6) is 0 Å². The number of nitrogens with one attached hydrogen (secondary N) is 1. The summed E-state index contributed by atoms with van der Waals surface area (Å²) in [5.74, 6) is 0.593. The Hall–Kier alpha value is -0.930. The lowest BCUT2D eigenvalue weighted by molar-refractivity contribution is 0.223. The fourth-order valence-electron chi connectivity index (χ4n) is 1.64. The topological polar surface area (TPSA) is 45.1 Å². The highest BCUT2D eigenvalue weighted by Gasteiger charge is 2.08. The van der Waals surface area contributed by atoms with Gasteiger partial charge in [-0.3, -0.25) is 4.98 Å². The van der Waals surface area contributed by atoms with Crippen LogP contribution in [0.25, 0.3) is 0 Å². The highest BCUT2D eigenvalue weighted by atomic mass is 16.3. The molecule has 1 atom stereocenters. The molecule has 90 valence electrons. The van der Waals surface area contributed by atoms with E-state index in [1.807, 2.05) is 19.2 Å². The molecular formula is C13H22N2O. The Labute approximate surface area is 97.9 Å². The van der Waals surface area contributed by atoms with E-state index in [9.17, 15) is 5.11 Å². The maximum absolute atomic E-state index is 9.21. The Kier molecular flexibility index (Phi) is 5.43. The van der Waals surface area contributed by atoms with Crippen molar-refractivity contribution in [1.29, 1.82) is 0 Å². The molecule has 0 aliphatic carbocycles. The van der Waals surface area contributed by atoms with Crippen LogP contribution in [-0.2, 0) is 6.54 Å². The molecule has 1 unspecified atom stereocenters. The quantitative estimate of drug-likeness (QED) is 0.772. The van der Waals surface area contributed by atoms with E-state index in [4.69, 9.17) is 0 Å². The van der Waals surface area contributed by atoms with Gasteiger partial charge < -0.3 is 10.4 Å². The van der Waals surface area contributed by atoms with Crippen molar-refractivity contribution in [1.82, 2.24) is 10.3 Å². The standard InChI is InChI=1S/C13H22N2O/c1-10(2)6-13(9-16)15-8-12-5-4-11(3)7-14-12/h4-5,7,10,13,15-16H,6,8-9H2,1-3H3. The zero-order valence-electron chi connectivity index (χ0n) is 10.4. The van der Waals surface area contributed by atoms with Crippen molar-refractivity contribution in [2.24, 2.45) is 5.92 Å². The van der Waals surface area contributed by atoms with Crippen molar-refractivity contribution in [2.45, 2.75) is 39.8 Å². The highest BCUT2D eigenvalue weighted by Crippen LogP contribution is 2.05. The molecule has 0 aliphatic heterocycles. The molecule has 0 fully saturated rings. The summed E-state index contributed by atoms with van der Waals surface area (Å²) in [6, 6.07) is 4.25. The maximum atomic E-state index is 9.21. The van der Waals surface area contributed by atoms with Crippen LogP contribution in [0, 0.1) is 12.8 Å². The number of aromatic nitrogens is 1. The molecular weight excluding hydrogens is 200 g/mol. The molecule has 1 heterocycles. The SMILES string of the molecule is Cc1ccc(CNC(CO)CC(C)C)nc1. The minimum Gasteiger partial charge on any atom is -0.395 e. The van der Waals surface area contributed by atoms with E-state index in [-0.39, 0.29) is 12.6 Å². The third-order valence-electron chi connectivity index (χ3n) is 2.52. The fourth-order valence-corrected chi connectivity index (χ4v) is 1.64. The Morgan fingerprint density at radius 3 is 2.62 bits per heavy atom. The van der Waals surface area contributed by atoms with Crippen LogP contribution in [0.3, 0.4) is 0 Å². The van der Waals surface area contributed by atoms with Crippen molar-refractivity contribution < 1.29 is 5.11 Å². The Bertz CT molecular complexity index is 295. The highest BCUT2D eigenvalue weighted by molar-refractivity contribution is 5.12. The first-order valence-electron chi connectivity index (χ1n) is 5.87. The lowest BCUT2D eigenvalue weighted by Gasteiger charge is -2.17. The number of pyridine rings is 1. The van der Waals surface area contributed by atoms with Gasteiger partial charge in [-0.25, -0.2) is 0 Å². The molecule has 0 amide bonds. The van der Waals surface area contributed by atoms with Gasteiger partial charge in [0.15, 0.2) is 0 Å². The van der Waals surface area contributed by atoms with Crippen LogP contribution >= 0.6 is 0 Å². The molecule has 0 radical (unpaired) electrons. The molecule has 3 heteroatoms. The molecule has 2 N–H and O–H groups in total. The molecule has 0 aromatic carbocycles. The Morgan fingerprint density at radius 2 is 2.12 bits per heavy atom. The summed E-state index contributed by atoms with van der Waals surface area (Å²) < 4.78 is 0. The van der Waals surface area contributed by atoms with Crippen molar-refractivity contribution in [3.63, 3.8) is 0 Å². The third-order valence-corrected chi connectivity index (χ3v) is 2.52. The van der Waals surface area contributed by atoms with Crippen LogP contribution in [0.15, 0.2) is 18.3 Å². The van der Waals surface area contributed by atoms with E-state index < -0.39 is 0 Å². The first kappa shape index (κ1) is 13.1. The number of rotatable bonds is 6. The van der Waals surface area contributed by atoms with Gasteiger partial charge in [0, 0.05) is 18.8 Å². The number of hydrogen-bond acceptors (Lipinski definition) is 3. The summed E-state index contributed by atoms with van der Waals surface area (Å²) in [6.07, 6.45) is 2.86. The summed E-state index contributed by atoms with van der Waals surface area (Å²) >= 11 is 0. The van der Waals surface area contributed by atoms with E-state index in [1.54, 1.807) is 0 Å². The van der Waals surface area contributed by atoms with Gasteiger partial charge in [-0.1, -0.05) is 19.9 Å².